The molecule has 9 nitrogen and oxygen atoms in total. The van der Waals surface area contributed by atoms with Crippen molar-refractivity contribution in [2.75, 3.05) is 31.3 Å². The second-order valence-electron chi connectivity index (χ2n) is 20.4. The number of para-hydroxylation sites is 3. The van der Waals surface area contributed by atoms with Crippen LogP contribution in [0.3, 0.4) is 0 Å². The van der Waals surface area contributed by atoms with E-state index in [1.807, 2.05) is 71.7 Å². The first-order valence-corrected chi connectivity index (χ1v) is 28.3. The molecule has 0 saturated heterocycles. The molecule has 0 heterocycles. The molecule has 3 aliphatic rings. The normalized spacial score (nSPS) is 14.6. The van der Waals surface area contributed by atoms with E-state index in [4.69, 9.17) is 29.5 Å². The summed E-state index contributed by atoms with van der Waals surface area (Å²) in [4.78, 5) is 0. The fraction of sp³-hybridized carbons (Fsp3) is 0.208. The van der Waals surface area contributed by atoms with Crippen LogP contribution in [-0.2, 0) is 38.9 Å². The van der Waals surface area contributed by atoms with Gasteiger partial charge in [0.2, 0.25) is 0 Å². The summed E-state index contributed by atoms with van der Waals surface area (Å²) in [5.41, 5.74) is 18.2. The number of anilines is 3. The van der Waals surface area contributed by atoms with E-state index >= 15 is 0 Å². The zero-order valence-corrected chi connectivity index (χ0v) is 46.9. The van der Waals surface area contributed by atoms with Crippen molar-refractivity contribution < 1.29 is 14.2 Å². The maximum atomic E-state index is 5.40. The fourth-order valence-electron chi connectivity index (χ4n) is 10.7. The Kier molecular flexibility index (Phi) is 19.1. The molecular formula is C72H72N6O3. The van der Waals surface area contributed by atoms with Gasteiger partial charge in [0.15, 0.2) is 0 Å². The van der Waals surface area contributed by atoms with E-state index in [2.05, 4.69) is 180 Å². The van der Waals surface area contributed by atoms with Crippen molar-refractivity contribution in [3.05, 3.63) is 287 Å². The van der Waals surface area contributed by atoms with Gasteiger partial charge in [0.25, 0.3) is 0 Å². The first-order chi connectivity index (χ1) is 40.0. The van der Waals surface area contributed by atoms with Crippen molar-refractivity contribution >= 4 is 34.2 Å². The summed E-state index contributed by atoms with van der Waals surface area (Å²) >= 11 is 0. The number of hydrazone groups is 3. The average Bonchev–Trinajstić information content (AvgIpc) is 3.57. The minimum absolute atomic E-state index is 0.750. The van der Waals surface area contributed by atoms with E-state index in [0.29, 0.717) is 0 Å². The summed E-state index contributed by atoms with van der Waals surface area (Å²) in [6, 6.07) is 81.6. The molecule has 0 aliphatic heterocycles. The first-order valence-electron chi connectivity index (χ1n) is 28.3. The van der Waals surface area contributed by atoms with Crippen LogP contribution in [-0.4, -0.2) is 43.5 Å². The lowest BCUT2D eigenvalue weighted by Crippen LogP contribution is -2.22. The summed E-state index contributed by atoms with van der Waals surface area (Å²) < 4.78 is 16.2. The van der Waals surface area contributed by atoms with Crippen LogP contribution < -0.4 is 24.2 Å². The largest absolute Gasteiger partial charge is 0.497 e. The third-order valence-corrected chi connectivity index (χ3v) is 14.8. The SMILES string of the molecule is COc1ccc2c(c1)CCCC2=NN(Cc1ccccc1)Cc1ccccc1.COc1ccc2c(c1)CCCC2=NN(Cc1ccccc1)c1ccccc1.COc1ccc2c(c1)CCCC2=NN(c1ccccc1)c1ccccc1. The minimum atomic E-state index is 0.750. The molecule has 0 amide bonds. The monoisotopic (exact) mass is 1070 g/mol. The molecule has 0 saturated carbocycles. The first kappa shape index (κ1) is 55.1. The summed E-state index contributed by atoms with van der Waals surface area (Å²) in [6.07, 6.45) is 9.58. The highest BCUT2D eigenvalue weighted by molar-refractivity contribution is 6.04. The molecule has 3 aliphatic carbocycles. The summed E-state index contributed by atoms with van der Waals surface area (Å²) in [6.45, 7) is 2.34. The van der Waals surface area contributed by atoms with Gasteiger partial charge in [-0.1, -0.05) is 146 Å². The maximum absolute atomic E-state index is 5.40. The quantitative estimate of drug-likeness (QED) is 0.0953. The van der Waals surface area contributed by atoms with Crippen LogP contribution in [0, 0.1) is 0 Å². The fourth-order valence-corrected chi connectivity index (χ4v) is 10.7. The number of benzene rings is 9. The summed E-state index contributed by atoms with van der Waals surface area (Å²) in [5.74, 6) is 2.75. The van der Waals surface area contributed by atoms with Crippen molar-refractivity contribution in [2.24, 2.45) is 15.3 Å². The minimum Gasteiger partial charge on any atom is -0.497 e. The Hall–Kier alpha value is -9.21. The Morgan fingerprint density at radius 2 is 0.642 bits per heavy atom. The molecule has 408 valence electrons. The van der Waals surface area contributed by atoms with Gasteiger partial charge in [-0.3, -0.25) is 10.0 Å². The van der Waals surface area contributed by atoms with Crippen molar-refractivity contribution in [2.45, 2.75) is 77.4 Å². The van der Waals surface area contributed by atoms with Crippen LogP contribution in [0.4, 0.5) is 17.1 Å². The van der Waals surface area contributed by atoms with Crippen LogP contribution >= 0.6 is 0 Å². The van der Waals surface area contributed by atoms with Crippen molar-refractivity contribution in [1.29, 1.82) is 0 Å². The number of hydrogen-bond donors (Lipinski definition) is 0. The van der Waals surface area contributed by atoms with Gasteiger partial charge < -0.3 is 14.2 Å². The van der Waals surface area contributed by atoms with E-state index in [9.17, 15) is 0 Å². The summed E-state index contributed by atoms with van der Waals surface area (Å²) in [7, 11) is 5.16. The topological polar surface area (TPSA) is 74.5 Å². The smallest absolute Gasteiger partial charge is 0.119 e. The molecule has 0 bridgehead atoms. The molecule has 0 radical (unpaired) electrons. The van der Waals surface area contributed by atoms with Gasteiger partial charge in [-0.25, -0.2) is 5.01 Å². The predicted octanol–water partition coefficient (Wildman–Crippen LogP) is 16.5. The number of hydrogen-bond acceptors (Lipinski definition) is 9. The number of nitrogens with zero attached hydrogens (tertiary/aromatic N) is 6. The lowest BCUT2D eigenvalue weighted by molar-refractivity contribution is 0.270. The average molecular weight is 1070 g/mol. The third kappa shape index (κ3) is 14.9. The predicted molar refractivity (Wildman–Crippen MR) is 334 cm³/mol. The Bertz CT molecular complexity index is 3420. The Morgan fingerprint density at radius 1 is 0.321 bits per heavy atom. The summed E-state index contributed by atoms with van der Waals surface area (Å²) in [5, 5.41) is 21.7. The van der Waals surface area contributed by atoms with Gasteiger partial charge in [-0.2, -0.15) is 15.3 Å². The molecule has 0 atom stereocenters. The Morgan fingerprint density at radius 3 is 1.01 bits per heavy atom. The number of aryl methyl sites for hydroxylation is 3. The van der Waals surface area contributed by atoms with E-state index < -0.39 is 0 Å². The molecule has 12 rings (SSSR count). The molecule has 9 heteroatoms. The molecule has 0 unspecified atom stereocenters. The van der Waals surface area contributed by atoms with Crippen LogP contribution in [0.15, 0.2) is 252 Å². The second-order valence-corrected chi connectivity index (χ2v) is 20.4. The molecular weight excluding hydrogens is 997 g/mol. The highest BCUT2D eigenvalue weighted by Crippen LogP contribution is 2.32. The van der Waals surface area contributed by atoms with Gasteiger partial charge in [0.1, 0.15) is 17.2 Å². The zero-order valence-electron chi connectivity index (χ0n) is 46.9. The van der Waals surface area contributed by atoms with Crippen LogP contribution in [0.2, 0.25) is 0 Å². The second kappa shape index (κ2) is 28.1. The van der Waals surface area contributed by atoms with E-state index in [1.54, 1.807) is 21.3 Å². The van der Waals surface area contributed by atoms with Crippen LogP contribution in [0.5, 0.6) is 17.2 Å². The third-order valence-electron chi connectivity index (χ3n) is 14.8. The highest BCUT2D eigenvalue weighted by Gasteiger charge is 2.22. The Labute approximate surface area is 479 Å². The van der Waals surface area contributed by atoms with Crippen molar-refractivity contribution in [3.8, 4) is 17.2 Å². The molecule has 0 N–H and O–H groups in total. The number of fused-ring (bicyclic) bond motifs is 3. The van der Waals surface area contributed by atoms with E-state index in [-0.39, 0.29) is 0 Å². The van der Waals surface area contributed by atoms with E-state index in [1.165, 1.54) is 55.8 Å². The maximum Gasteiger partial charge on any atom is 0.119 e. The molecule has 9 aromatic rings. The number of methoxy groups -OCH3 is 3. The van der Waals surface area contributed by atoms with Crippen LogP contribution in [0.1, 0.15) is 88.6 Å². The number of ether oxygens (including phenoxy) is 3. The lowest BCUT2D eigenvalue weighted by Gasteiger charge is -2.24. The van der Waals surface area contributed by atoms with Gasteiger partial charge in [0.05, 0.1) is 75.2 Å². The van der Waals surface area contributed by atoms with Gasteiger partial charge in [0, 0.05) is 16.7 Å². The molecule has 0 spiro atoms. The number of rotatable bonds is 15. The Balaban J connectivity index is 0.000000136. The molecule has 9 aromatic carbocycles. The van der Waals surface area contributed by atoms with Crippen LogP contribution in [0.25, 0.3) is 0 Å². The standard InChI is InChI=1S/C25H26N2O.C24H24N2O.C23H22N2O/c1-28-23-15-16-24-22(17-23)13-8-14-25(24)26-27(18-20-9-4-2-5-10-20)19-21-11-6-3-7-12-21;1-27-22-15-16-23-20(17-22)11-8-14-24(23)25-26(21-12-6-3-7-13-21)18-19-9-4-2-5-10-19;1-26-21-15-16-22-18(17-21)9-8-14-23(22)24-25(19-10-4-2-5-11-19)20-12-6-3-7-13-20/h2-7,9-12,15-17H,8,13-14,18-19H2,1H3;2-7,9-10,12-13,15-17H,8,11,14,18H2,1H3;2-7,10-13,15-17H,8-9,14H2,1H3. The highest BCUT2D eigenvalue weighted by atomic mass is 16.5. The van der Waals surface area contributed by atoms with E-state index in [0.717, 1.165) is 123 Å². The van der Waals surface area contributed by atoms with Gasteiger partial charge in [-0.05, 0) is 182 Å². The zero-order chi connectivity index (χ0) is 55.4. The van der Waals surface area contributed by atoms with Gasteiger partial charge >= 0.3 is 0 Å². The van der Waals surface area contributed by atoms with Crippen molar-refractivity contribution in [1.82, 2.24) is 5.01 Å². The lowest BCUT2D eigenvalue weighted by atomic mass is 9.90. The molecule has 81 heavy (non-hydrogen) atoms. The molecule has 0 fully saturated rings. The molecule has 0 aromatic heterocycles. The van der Waals surface area contributed by atoms with Crippen molar-refractivity contribution in [3.63, 3.8) is 0 Å². The van der Waals surface area contributed by atoms with Gasteiger partial charge in [-0.15, -0.1) is 0 Å².